The monoisotopic (exact) mass is 1080 g/mol. The van der Waals surface area contributed by atoms with Crippen LogP contribution < -0.4 is 30.5 Å². The number of nitrogens with zero attached hydrogens (tertiary/aromatic N) is 11. The number of carbonyl (C=O) groups is 5. The van der Waals surface area contributed by atoms with Crippen molar-refractivity contribution in [3.8, 4) is 27.4 Å². The van der Waals surface area contributed by atoms with Crippen LogP contribution >= 0.6 is 11.3 Å². The average molecular weight is 1090 g/mol. The van der Waals surface area contributed by atoms with Crippen molar-refractivity contribution in [1.29, 1.82) is 0 Å². The van der Waals surface area contributed by atoms with Crippen molar-refractivity contribution >= 4 is 64.2 Å². The lowest BCUT2D eigenvalue weighted by molar-refractivity contribution is -0.146. The molecule has 8 heterocycles. The van der Waals surface area contributed by atoms with Crippen LogP contribution in [0.5, 0.6) is 5.75 Å². The van der Waals surface area contributed by atoms with Gasteiger partial charge in [0.05, 0.1) is 77.2 Å². The van der Waals surface area contributed by atoms with Gasteiger partial charge < -0.3 is 44.7 Å². The quantitative estimate of drug-likeness (QED) is 0.0933. The molecular weight excluding hydrogens is 1020 g/mol. The maximum atomic E-state index is 14.3. The zero-order valence-corrected chi connectivity index (χ0v) is 46.3. The molecule has 5 amide bonds. The molecule has 5 aromatic heterocycles. The molecule has 78 heavy (non-hydrogen) atoms. The Morgan fingerprint density at radius 2 is 1.64 bits per heavy atom. The molecule has 4 N–H and O–H groups in total. The van der Waals surface area contributed by atoms with Crippen molar-refractivity contribution in [2.75, 3.05) is 61.4 Å². The number of piperidine rings is 1. The fraction of sp³-hybridized carbons (Fsp3) is 0.473. The maximum Gasteiger partial charge on any atom is 0.414 e. The van der Waals surface area contributed by atoms with Crippen molar-refractivity contribution < 1.29 is 38.6 Å². The van der Waals surface area contributed by atoms with Gasteiger partial charge in [0.25, 0.3) is 5.91 Å². The molecule has 0 saturated carbocycles. The van der Waals surface area contributed by atoms with Gasteiger partial charge in [0.15, 0.2) is 22.8 Å². The molecule has 22 nitrogen and oxygen atoms in total. The Labute approximate surface area is 457 Å². The van der Waals surface area contributed by atoms with Gasteiger partial charge in [-0.05, 0) is 83.2 Å². The van der Waals surface area contributed by atoms with Crippen molar-refractivity contribution in [2.45, 2.75) is 111 Å². The highest BCUT2D eigenvalue weighted by Crippen LogP contribution is 2.42. The number of benzene rings is 1. The predicted molar refractivity (Wildman–Crippen MR) is 294 cm³/mol. The van der Waals surface area contributed by atoms with Gasteiger partial charge in [0.1, 0.15) is 12.1 Å². The normalized spacial score (nSPS) is 17.9. The van der Waals surface area contributed by atoms with E-state index in [9.17, 15) is 29.1 Å². The highest BCUT2D eigenvalue weighted by Gasteiger charge is 2.47. The van der Waals surface area contributed by atoms with Crippen molar-refractivity contribution in [1.82, 2.24) is 54.7 Å². The van der Waals surface area contributed by atoms with E-state index in [4.69, 9.17) is 9.47 Å². The summed E-state index contributed by atoms with van der Waals surface area (Å²) >= 11 is 1.57. The fourth-order valence-electron chi connectivity index (χ4n) is 9.99. The number of anilines is 3. The first-order valence-corrected chi connectivity index (χ1v) is 27.0. The smallest absolute Gasteiger partial charge is 0.414 e. The molecule has 3 atom stereocenters. The van der Waals surface area contributed by atoms with Crippen LogP contribution in [0, 0.1) is 17.8 Å². The minimum Gasteiger partial charge on any atom is -0.475 e. The molecule has 1 aromatic carbocycles. The summed E-state index contributed by atoms with van der Waals surface area (Å²) in [7, 11) is 1.62. The Bertz CT molecular complexity index is 3160. The number of aliphatic hydroxyl groups excluding tert-OH is 1. The molecule has 0 unspecified atom stereocenters. The number of rotatable bonds is 16. The molecule has 1 spiro atoms. The number of hydrogen-bond donors (Lipinski definition) is 4. The number of pyridine rings is 1. The van der Waals surface area contributed by atoms with Crippen molar-refractivity contribution in [2.24, 2.45) is 10.8 Å². The molecule has 3 aliphatic rings. The van der Waals surface area contributed by atoms with Crippen LogP contribution in [0.4, 0.5) is 22.2 Å². The number of amides is 5. The lowest BCUT2D eigenvalue weighted by atomic mass is 9.72. The standard InChI is InChI=1S/C55H68N14O8S/c1-33(2)76-52(75)65(9)38-18-37(21-56-22-38)41-27-67-28-43(62-44(67)25-57-41)63-45(71)29-66-16-14-55(15-17-66)30-68(31-55)51-59-23-40(24-60-51)77-54(7,8)50(74)64-47(53(4,5)6)49(73)69-26-39(70)19-42(69)48(72)58-20-35-10-12-36(13-11-35)46-34(3)61-32-78-46/h10-13,18,21-25,27-28,32-33,39,42,47,70H,14-17,19-20,26,29-31H2,1-9H3,(H,58,72)(H,63,71)(H,64,74)/t39-,42+,47-/m1/s1. The summed E-state index contributed by atoms with van der Waals surface area (Å²) in [5.41, 5.74) is 4.93. The van der Waals surface area contributed by atoms with E-state index in [1.807, 2.05) is 57.5 Å². The number of thiazole rings is 1. The summed E-state index contributed by atoms with van der Waals surface area (Å²) in [6.07, 6.45) is 11.7. The van der Waals surface area contributed by atoms with Gasteiger partial charge in [-0.2, -0.15) is 0 Å². The second kappa shape index (κ2) is 22.4. The molecule has 3 aliphatic heterocycles. The van der Waals surface area contributed by atoms with E-state index < -0.39 is 53.0 Å². The zero-order valence-electron chi connectivity index (χ0n) is 45.5. The minimum absolute atomic E-state index is 0.0493. The SMILES string of the molecule is Cc1ncsc1-c1ccc(CNC(=O)[C@@H]2C[C@@H](O)CN2C(=O)[C@@H](NC(=O)C(C)(C)Oc2cnc(N3CC4(CCN(CC(=O)Nc5cn6cc(-c7cncc(N(C)C(=O)OC(C)C)c7)ncc6n5)CC4)C3)nc2)C(C)(C)C)cc1. The van der Waals surface area contributed by atoms with E-state index in [0.717, 1.165) is 60.7 Å². The minimum atomic E-state index is -1.46. The van der Waals surface area contributed by atoms with Crippen LogP contribution in [0.1, 0.15) is 79.0 Å². The predicted octanol–water partition coefficient (Wildman–Crippen LogP) is 5.50. The fourth-order valence-corrected chi connectivity index (χ4v) is 10.8. The van der Waals surface area contributed by atoms with Crippen LogP contribution in [-0.4, -0.2) is 155 Å². The molecule has 9 rings (SSSR count). The number of carbonyl (C=O) groups excluding carboxylic acids is 5. The number of β-amino-alcohol motifs (C(OH)–C–C–N with tert-alkyl or cyclic N) is 1. The Balaban J connectivity index is 0.724. The molecule has 412 valence electrons. The van der Waals surface area contributed by atoms with Crippen molar-refractivity contribution in [3.63, 3.8) is 0 Å². The van der Waals surface area contributed by atoms with Crippen LogP contribution in [0.3, 0.4) is 0 Å². The van der Waals surface area contributed by atoms with Gasteiger partial charge in [-0.3, -0.25) is 38.9 Å². The number of aliphatic hydroxyl groups is 1. The van der Waals surface area contributed by atoms with E-state index >= 15 is 0 Å². The molecule has 3 saturated heterocycles. The van der Waals surface area contributed by atoms with Crippen LogP contribution in [0.15, 0.2) is 79.2 Å². The highest BCUT2D eigenvalue weighted by molar-refractivity contribution is 7.13. The summed E-state index contributed by atoms with van der Waals surface area (Å²) in [6, 6.07) is 7.68. The lowest BCUT2D eigenvalue weighted by Gasteiger charge is -2.53. The molecule has 6 aromatic rings. The number of nitrogens with one attached hydrogen (secondary N) is 3. The summed E-state index contributed by atoms with van der Waals surface area (Å²) in [5.74, 6) is -0.371. The van der Waals surface area contributed by atoms with E-state index in [0.29, 0.717) is 34.4 Å². The number of hydrogen-bond acceptors (Lipinski definition) is 17. The highest BCUT2D eigenvalue weighted by atomic mass is 32.1. The van der Waals surface area contributed by atoms with E-state index in [1.165, 1.54) is 22.2 Å². The van der Waals surface area contributed by atoms with Gasteiger partial charge in [-0.15, -0.1) is 11.3 Å². The van der Waals surface area contributed by atoms with Gasteiger partial charge in [0.2, 0.25) is 23.7 Å². The molecular formula is C55H68N14O8S. The molecule has 3 fully saturated rings. The number of ether oxygens (including phenoxy) is 2. The first kappa shape index (κ1) is 55.1. The number of aryl methyl sites for hydroxylation is 1. The van der Waals surface area contributed by atoms with Crippen LogP contribution in [-0.2, 0) is 30.5 Å². The number of imidazole rings is 1. The Morgan fingerprint density at radius 1 is 0.923 bits per heavy atom. The molecule has 0 aliphatic carbocycles. The Hall–Kier alpha value is -7.63. The number of fused-ring (bicyclic) bond motifs is 1. The number of aromatic nitrogens is 7. The average Bonchev–Trinajstić information content (AvgIpc) is 4.22. The first-order chi connectivity index (χ1) is 37.0. The van der Waals surface area contributed by atoms with Crippen LogP contribution in [0.2, 0.25) is 0 Å². The topological polar surface area (TPSA) is 255 Å². The summed E-state index contributed by atoms with van der Waals surface area (Å²) in [6.45, 7) is 17.7. The summed E-state index contributed by atoms with van der Waals surface area (Å²) in [5, 5.41) is 19.5. The van der Waals surface area contributed by atoms with Crippen LogP contribution in [0.25, 0.3) is 27.3 Å². The zero-order chi connectivity index (χ0) is 55.7. The lowest BCUT2D eigenvalue weighted by Crippen LogP contribution is -2.61. The van der Waals surface area contributed by atoms with E-state index in [1.54, 1.807) is 87.5 Å². The third kappa shape index (κ3) is 12.5. The maximum absolute atomic E-state index is 14.3. The second-order valence-corrected chi connectivity index (χ2v) is 23.3. The van der Waals surface area contributed by atoms with Gasteiger partial charge in [0, 0.05) is 63.0 Å². The summed E-state index contributed by atoms with van der Waals surface area (Å²) in [4.78, 5) is 103. The van der Waals surface area contributed by atoms with Gasteiger partial charge >= 0.3 is 6.09 Å². The molecule has 23 heteroatoms. The second-order valence-electron chi connectivity index (χ2n) is 22.4. The summed E-state index contributed by atoms with van der Waals surface area (Å²) < 4.78 is 13.3. The largest absolute Gasteiger partial charge is 0.475 e. The van der Waals surface area contributed by atoms with E-state index in [2.05, 4.69) is 55.7 Å². The van der Waals surface area contributed by atoms with Gasteiger partial charge in [-0.1, -0.05) is 45.0 Å². The third-order valence-electron chi connectivity index (χ3n) is 14.5. The number of likely N-dealkylation sites (tertiary alicyclic amines) is 2. The Kier molecular flexibility index (Phi) is 15.8. The third-order valence-corrected chi connectivity index (χ3v) is 15.4. The van der Waals surface area contributed by atoms with E-state index in [-0.39, 0.29) is 49.2 Å². The van der Waals surface area contributed by atoms with Crippen molar-refractivity contribution in [3.05, 3.63) is 90.5 Å². The van der Waals surface area contributed by atoms with Gasteiger partial charge in [-0.25, -0.2) is 24.7 Å². The molecule has 0 radical (unpaired) electrons. The first-order valence-electron chi connectivity index (χ1n) is 26.1. The molecule has 0 bridgehead atoms. The Morgan fingerprint density at radius 3 is 2.31 bits per heavy atom.